The minimum absolute atomic E-state index is 0.0828. The maximum Gasteiger partial charge on any atom is 0.235 e. The maximum atomic E-state index is 11.9. The molecule has 108 valence electrons. The Kier molecular flexibility index (Phi) is 6.26. The predicted molar refractivity (Wildman–Crippen MR) is 73.3 cm³/mol. The van der Waals surface area contributed by atoms with E-state index in [1.54, 1.807) is 0 Å². The molecule has 0 aromatic heterocycles. The fraction of sp³-hybridized carbons (Fsp3) is 0.857. The number of hydrogen-bond donors (Lipinski definition) is 2. The third-order valence-electron chi connectivity index (χ3n) is 3.64. The Morgan fingerprint density at radius 3 is 2.68 bits per heavy atom. The minimum atomic E-state index is -0.700. The van der Waals surface area contributed by atoms with Crippen molar-refractivity contribution in [3.8, 4) is 6.07 Å². The van der Waals surface area contributed by atoms with Crippen molar-refractivity contribution < 1.29 is 9.90 Å². The number of nitrogens with one attached hydrogen (secondary N) is 1. The van der Waals surface area contributed by atoms with Crippen molar-refractivity contribution in [3.63, 3.8) is 0 Å². The third-order valence-corrected chi connectivity index (χ3v) is 3.64. The van der Waals surface area contributed by atoms with Gasteiger partial charge in [-0.25, -0.2) is 0 Å². The zero-order valence-corrected chi connectivity index (χ0v) is 12.0. The van der Waals surface area contributed by atoms with Crippen molar-refractivity contribution in [1.82, 2.24) is 10.2 Å². The van der Waals surface area contributed by atoms with Crippen LogP contribution in [0.2, 0.25) is 0 Å². The first kappa shape index (κ1) is 15.9. The fourth-order valence-corrected chi connectivity index (χ4v) is 2.21. The van der Waals surface area contributed by atoms with E-state index in [1.807, 2.05) is 18.9 Å². The van der Waals surface area contributed by atoms with Gasteiger partial charge in [0.15, 0.2) is 0 Å². The van der Waals surface area contributed by atoms with Gasteiger partial charge in [0.05, 0.1) is 12.6 Å². The molecule has 0 saturated heterocycles. The van der Waals surface area contributed by atoms with Crippen LogP contribution in [0.4, 0.5) is 0 Å². The van der Waals surface area contributed by atoms with E-state index >= 15 is 0 Å². The Balaban J connectivity index is 2.24. The average molecular weight is 267 g/mol. The van der Waals surface area contributed by atoms with Gasteiger partial charge < -0.3 is 10.4 Å². The van der Waals surface area contributed by atoms with Crippen molar-refractivity contribution in [3.05, 3.63) is 0 Å². The van der Waals surface area contributed by atoms with E-state index in [4.69, 9.17) is 5.11 Å². The van der Waals surface area contributed by atoms with Crippen LogP contribution < -0.4 is 5.32 Å². The van der Waals surface area contributed by atoms with Gasteiger partial charge in [-0.3, -0.25) is 9.69 Å². The minimum Gasteiger partial charge on any atom is -0.396 e. The molecular formula is C14H25N3O2. The highest BCUT2D eigenvalue weighted by atomic mass is 16.2. The number of carbonyl (C=O) groups is 1. The van der Waals surface area contributed by atoms with Crippen LogP contribution in [0.5, 0.6) is 0 Å². The molecule has 1 aliphatic carbocycles. The molecular weight excluding hydrogens is 242 g/mol. The highest BCUT2D eigenvalue weighted by molar-refractivity contribution is 5.79. The number of nitriles is 1. The molecule has 0 aliphatic heterocycles. The van der Waals surface area contributed by atoms with Crippen LogP contribution in [0.1, 0.15) is 39.0 Å². The second kappa shape index (κ2) is 7.46. The van der Waals surface area contributed by atoms with E-state index in [-0.39, 0.29) is 12.5 Å². The summed E-state index contributed by atoms with van der Waals surface area (Å²) in [5.41, 5.74) is -0.700. The first-order valence-electron chi connectivity index (χ1n) is 7.03. The van der Waals surface area contributed by atoms with E-state index in [0.29, 0.717) is 12.5 Å². The summed E-state index contributed by atoms with van der Waals surface area (Å²) in [6, 6.07) is 2.23. The van der Waals surface area contributed by atoms with E-state index in [9.17, 15) is 10.1 Å². The van der Waals surface area contributed by atoms with Crippen LogP contribution in [-0.2, 0) is 4.79 Å². The SMILES string of the molecule is CN(CCCCCO)CC(=O)NC(C)(C#N)C1CC1. The van der Waals surface area contributed by atoms with E-state index in [1.165, 1.54) is 0 Å². The number of rotatable bonds is 9. The van der Waals surface area contributed by atoms with Crippen molar-refractivity contribution in [2.75, 3.05) is 26.7 Å². The molecule has 1 fully saturated rings. The highest BCUT2D eigenvalue weighted by Crippen LogP contribution is 2.39. The van der Waals surface area contributed by atoms with Gasteiger partial charge in [0.25, 0.3) is 0 Å². The maximum absolute atomic E-state index is 11.9. The molecule has 0 heterocycles. The van der Waals surface area contributed by atoms with Crippen LogP contribution in [-0.4, -0.2) is 48.2 Å². The largest absolute Gasteiger partial charge is 0.396 e. The van der Waals surface area contributed by atoms with E-state index in [2.05, 4.69) is 11.4 Å². The average Bonchev–Trinajstić information content (AvgIpc) is 3.18. The molecule has 1 atom stereocenters. The lowest BCUT2D eigenvalue weighted by atomic mass is 9.98. The molecule has 0 radical (unpaired) electrons. The number of carbonyl (C=O) groups excluding carboxylic acids is 1. The van der Waals surface area contributed by atoms with E-state index in [0.717, 1.165) is 38.6 Å². The van der Waals surface area contributed by atoms with Crippen LogP contribution in [0.25, 0.3) is 0 Å². The molecule has 1 saturated carbocycles. The number of amides is 1. The van der Waals surface area contributed by atoms with Crippen molar-refractivity contribution >= 4 is 5.91 Å². The molecule has 1 amide bonds. The van der Waals surface area contributed by atoms with Crippen molar-refractivity contribution in [1.29, 1.82) is 5.26 Å². The summed E-state index contributed by atoms with van der Waals surface area (Å²) >= 11 is 0. The number of unbranched alkanes of at least 4 members (excludes halogenated alkanes) is 2. The molecule has 1 aliphatic rings. The predicted octanol–water partition coefficient (Wildman–Crippen LogP) is 0.889. The van der Waals surface area contributed by atoms with Gasteiger partial charge in [-0.05, 0) is 58.5 Å². The third kappa shape index (κ3) is 5.58. The van der Waals surface area contributed by atoms with Gasteiger partial charge >= 0.3 is 0 Å². The first-order valence-corrected chi connectivity index (χ1v) is 7.03. The molecule has 0 spiro atoms. The van der Waals surface area contributed by atoms with Crippen LogP contribution in [0.15, 0.2) is 0 Å². The summed E-state index contributed by atoms with van der Waals surface area (Å²) in [6.07, 6.45) is 4.82. The lowest BCUT2D eigenvalue weighted by molar-refractivity contribution is -0.123. The van der Waals surface area contributed by atoms with Crippen LogP contribution >= 0.6 is 0 Å². The van der Waals surface area contributed by atoms with Gasteiger partial charge in [0.1, 0.15) is 5.54 Å². The zero-order chi connectivity index (χ0) is 14.3. The number of aliphatic hydroxyl groups excluding tert-OH is 1. The van der Waals surface area contributed by atoms with Gasteiger partial charge in [-0.2, -0.15) is 5.26 Å². The molecule has 5 heteroatoms. The second-order valence-electron chi connectivity index (χ2n) is 5.66. The number of hydrogen-bond acceptors (Lipinski definition) is 4. The standard InChI is InChI=1S/C14H25N3O2/c1-14(11-15,12-6-7-12)16-13(19)10-17(2)8-4-3-5-9-18/h12,18H,3-10H2,1-2H3,(H,16,19). The number of nitrogens with zero attached hydrogens (tertiary/aromatic N) is 2. The Labute approximate surface area is 115 Å². The highest BCUT2D eigenvalue weighted by Gasteiger charge is 2.42. The molecule has 0 aromatic carbocycles. The summed E-state index contributed by atoms with van der Waals surface area (Å²) in [7, 11) is 1.90. The summed E-state index contributed by atoms with van der Waals surface area (Å²) in [4.78, 5) is 13.9. The molecule has 1 unspecified atom stereocenters. The van der Waals surface area contributed by atoms with E-state index < -0.39 is 5.54 Å². The normalized spacial score (nSPS) is 17.8. The summed E-state index contributed by atoms with van der Waals surface area (Å²) in [5.74, 6) is 0.233. The Hall–Kier alpha value is -1.12. The topological polar surface area (TPSA) is 76.4 Å². The van der Waals surface area contributed by atoms with Crippen molar-refractivity contribution in [2.45, 2.75) is 44.6 Å². The summed E-state index contributed by atoms with van der Waals surface area (Å²) < 4.78 is 0. The van der Waals surface area contributed by atoms with Gasteiger partial charge in [-0.15, -0.1) is 0 Å². The quantitative estimate of drug-likeness (QED) is 0.608. The Morgan fingerprint density at radius 2 is 2.16 bits per heavy atom. The molecule has 0 aromatic rings. The van der Waals surface area contributed by atoms with Gasteiger partial charge in [0, 0.05) is 6.61 Å². The van der Waals surface area contributed by atoms with Crippen LogP contribution in [0, 0.1) is 17.2 Å². The number of aliphatic hydroxyl groups is 1. The molecule has 19 heavy (non-hydrogen) atoms. The second-order valence-corrected chi connectivity index (χ2v) is 5.66. The van der Waals surface area contributed by atoms with Crippen molar-refractivity contribution in [2.24, 2.45) is 5.92 Å². The smallest absolute Gasteiger partial charge is 0.235 e. The molecule has 1 rings (SSSR count). The lowest BCUT2D eigenvalue weighted by Crippen LogP contribution is -2.49. The van der Waals surface area contributed by atoms with Gasteiger partial charge in [-0.1, -0.05) is 0 Å². The molecule has 0 bridgehead atoms. The fourth-order valence-electron chi connectivity index (χ4n) is 2.21. The van der Waals surface area contributed by atoms with Crippen LogP contribution in [0.3, 0.4) is 0 Å². The first-order chi connectivity index (χ1) is 9.01. The van der Waals surface area contributed by atoms with Gasteiger partial charge in [0.2, 0.25) is 5.91 Å². The molecule has 2 N–H and O–H groups in total. The Morgan fingerprint density at radius 1 is 1.47 bits per heavy atom. The monoisotopic (exact) mass is 267 g/mol. The lowest BCUT2D eigenvalue weighted by Gasteiger charge is -2.24. The Bertz CT molecular complexity index is 336. The summed E-state index contributed by atoms with van der Waals surface area (Å²) in [6.45, 7) is 3.19. The number of likely N-dealkylation sites (N-methyl/N-ethyl adjacent to an activating group) is 1. The summed E-state index contributed by atoms with van der Waals surface area (Å²) in [5, 5.41) is 20.7. The molecule has 5 nitrogen and oxygen atoms in total. The zero-order valence-electron chi connectivity index (χ0n) is 12.0.